The molecule has 0 fully saturated rings. The molecule has 0 unspecified atom stereocenters. The van der Waals surface area contributed by atoms with Crippen molar-refractivity contribution in [2.24, 2.45) is 10.4 Å². The highest BCUT2D eigenvalue weighted by Gasteiger charge is 2.29. The molecule has 1 aliphatic heterocycles. The first-order valence-electron chi connectivity index (χ1n) is 9.80. The number of benzene rings is 2. The summed E-state index contributed by atoms with van der Waals surface area (Å²) in [5.74, 6) is -0.106. The van der Waals surface area contributed by atoms with Crippen LogP contribution in [0, 0.1) is 5.41 Å². The minimum atomic E-state index is -0.792. The molecule has 2 aromatic carbocycles. The standard InChI is InChI=1S/C24H22N2O4S/c1-24(2,3)22(28)26-21(27)20(31-23(26)29)11-16-13-25-19-10-9-17(12-18(16)19)30-14-15-7-5-4-6-8-15/h4-13,27H,14H2,1-3H3. The number of nitrogens with zero attached hydrogens (tertiary/aromatic N) is 2. The lowest BCUT2D eigenvalue weighted by Crippen LogP contribution is -2.32. The zero-order valence-electron chi connectivity index (χ0n) is 17.5. The Morgan fingerprint density at radius 1 is 1.19 bits per heavy atom. The van der Waals surface area contributed by atoms with E-state index < -0.39 is 16.2 Å². The van der Waals surface area contributed by atoms with E-state index in [0.29, 0.717) is 17.2 Å². The van der Waals surface area contributed by atoms with Gasteiger partial charge in [0.15, 0.2) is 0 Å². The summed E-state index contributed by atoms with van der Waals surface area (Å²) in [6, 6.07) is 15.5. The number of aliphatic imine (C=N–C) groups is 1. The predicted molar refractivity (Wildman–Crippen MR) is 124 cm³/mol. The molecule has 1 aromatic heterocycles. The number of thiazole rings is 1. The lowest BCUT2D eigenvalue weighted by Gasteiger charge is -2.16. The van der Waals surface area contributed by atoms with Crippen LogP contribution in [-0.2, 0) is 6.61 Å². The van der Waals surface area contributed by atoms with Crippen molar-refractivity contribution in [1.29, 1.82) is 0 Å². The highest BCUT2D eigenvalue weighted by molar-refractivity contribution is 7.10. The number of rotatable bonds is 4. The average molecular weight is 435 g/mol. The van der Waals surface area contributed by atoms with Crippen molar-refractivity contribution in [1.82, 2.24) is 4.57 Å². The van der Waals surface area contributed by atoms with Crippen LogP contribution in [-0.4, -0.2) is 21.8 Å². The Kier molecular flexibility index (Phi) is 5.37. The summed E-state index contributed by atoms with van der Waals surface area (Å²) < 4.78 is 6.74. The molecule has 1 aliphatic rings. The lowest BCUT2D eigenvalue weighted by molar-refractivity contribution is 0.0753. The van der Waals surface area contributed by atoms with E-state index in [1.54, 1.807) is 33.1 Å². The van der Waals surface area contributed by atoms with Crippen LogP contribution in [0.5, 0.6) is 11.6 Å². The largest absolute Gasteiger partial charge is 0.493 e. The Bertz CT molecular complexity index is 1260. The molecule has 4 rings (SSSR count). The van der Waals surface area contributed by atoms with Crippen molar-refractivity contribution < 1.29 is 14.6 Å². The maximum absolute atomic E-state index is 12.5. The quantitative estimate of drug-likeness (QED) is 0.617. The third kappa shape index (κ3) is 4.22. The second-order valence-electron chi connectivity index (χ2n) is 8.26. The van der Waals surface area contributed by atoms with E-state index in [4.69, 9.17) is 4.74 Å². The maximum atomic E-state index is 12.5. The van der Waals surface area contributed by atoms with Gasteiger partial charge < -0.3 is 9.84 Å². The third-order valence-electron chi connectivity index (χ3n) is 4.81. The number of aromatic nitrogens is 1. The van der Waals surface area contributed by atoms with Crippen molar-refractivity contribution >= 4 is 40.8 Å². The summed E-state index contributed by atoms with van der Waals surface area (Å²) in [4.78, 5) is 29.1. The van der Waals surface area contributed by atoms with Crippen LogP contribution < -0.4 is 9.61 Å². The first-order chi connectivity index (χ1) is 14.7. The van der Waals surface area contributed by atoms with Crippen LogP contribution in [0.4, 0.5) is 5.69 Å². The molecule has 7 heteroatoms. The van der Waals surface area contributed by atoms with Gasteiger partial charge in [-0.05, 0) is 29.8 Å². The van der Waals surface area contributed by atoms with E-state index in [1.807, 2.05) is 48.5 Å². The van der Waals surface area contributed by atoms with Crippen LogP contribution in [0.15, 0.2) is 58.3 Å². The van der Waals surface area contributed by atoms with E-state index in [9.17, 15) is 14.7 Å². The summed E-state index contributed by atoms with van der Waals surface area (Å²) in [6.45, 7) is 5.55. The molecular weight excluding hydrogens is 412 g/mol. The molecule has 0 saturated carbocycles. The van der Waals surface area contributed by atoms with Crippen LogP contribution in [0.25, 0.3) is 11.6 Å². The minimum Gasteiger partial charge on any atom is -0.493 e. The van der Waals surface area contributed by atoms with Gasteiger partial charge in [-0.1, -0.05) is 62.4 Å². The molecule has 6 nitrogen and oxygen atoms in total. The molecule has 0 spiro atoms. The molecule has 0 radical (unpaired) electrons. The summed E-state index contributed by atoms with van der Waals surface area (Å²) in [5.41, 5.74) is 2.61. The van der Waals surface area contributed by atoms with Gasteiger partial charge in [-0.3, -0.25) is 14.6 Å². The smallest absolute Gasteiger partial charge is 0.317 e. The number of carbonyl (C=O) groups is 1. The SMILES string of the molecule is CC(C)(C)C(=O)n1c(O)c(C=C2C=Nc3ccc(OCc4ccccc4)cc32)sc1=O. The Labute approximate surface area is 183 Å². The fourth-order valence-corrected chi connectivity index (χ4v) is 3.96. The third-order valence-corrected chi connectivity index (χ3v) is 5.69. The van der Waals surface area contributed by atoms with Crippen molar-refractivity contribution in [3.05, 3.63) is 74.2 Å². The molecule has 0 aliphatic carbocycles. The van der Waals surface area contributed by atoms with Gasteiger partial charge in [-0.25, -0.2) is 4.57 Å². The zero-order chi connectivity index (χ0) is 22.2. The monoisotopic (exact) mass is 434 g/mol. The van der Waals surface area contributed by atoms with E-state index in [2.05, 4.69) is 4.99 Å². The van der Waals surface area contributed by atoms with E-state index in [1.165, 1.54) is 0 Å². The Morgan fingerprint density at radius 3 is 2.65 bits per heavy atom. The molecule has 158 valence electrons. The van der Waals surface area contributed by atoms with Crippen molar-refractivity contribution in [3.8, 4) is 11.6 Å². The average Bonchev–Trinajstić information content (AvgIpc) is 3.26. The molecule has 0 saturated heterocycles. The van der Waals surface area contributed by atoms with E-state index in [0.717, 1.165) is 38.3 Å². The Balaban J connectivity index is 1.63. The molecule has 0 bridgehead atoms. The van der Waals surface area contributed by atoms with E-state index in [-0.39, 0.29) is 5.88 Å². The topological polar surface area (TPSA) is 80.9 Å². The Hall–Kier alpha value is -3.45. The summed E-state index contributed by atoms with van der Waals surface area (Å²) in [6.07, 6.45) is 3.34. The number of hydrogen-bond donors (Lipinski definition) is 1. The number of fused-ring (bicyclic) bond motifs is 1. The highest BCUT2D eigenvalue weighted by Crippen LogP contribution is 2.37. The predicted octanol–water partition coefficient (Wildman–Crippen LogP) is 5.14. The van der Waals surface area contributed by atoms with Crippen molar-refractivity contribution in [2.45, 2.75) is 27.4 Å². The fraction of sp³-hybridized carbons (Fsp3) is 0.208. The van der Waals surface area contributed by atoms with E-state index >= 15 is 0 Å². The first-order valence-corrected chi connectivity index (χ1v) is 10.6. The second-order valence-corrected chi connectivity index (χ2v) is 9.25. The van der Waals surface area contributed by atoms with Crippen molar-refractivity contribution in [3.63, 3.8) is 0 Å². The first kappa shape index (κ1) is 20.8. The van der Waals surface area contributed by atoms with Gasteiger partial charge in [0, 0.05) is 22.8 Å². The van der Waals surface area contributed by atoms with Crippen LogP contribution in [0.2, 0.25) is 0 Å². The van der Waals surface area contributed by atoms with Gasteiger partial charge in [-0.2, -0.15) is 0 Å². The van der Waals surface area contributed by atoms with Crippen LogP contribution >= 0.6 is 11.3 Å². The lowest BCUT2D eigenvalue weighted by atomic mass is 9.95. The summed E-state index contributed by atoms with van der Waals surface area (Å²) >= 11 is 0.826. The molecular formula is C24H22N2O4S. The maximum Gasteiger partial charge on any atom is 0.317 e. The zero-order valence-corrected chi connectivity index (χ0v) is 18.3. The van der Waals surface area contributed by atoms with Crippen LogP contribution in [0.3, 0.4) is 0 Å². The number of ether oxygens (including phenoxy) is 1. The van der Waals surface area contributed by atoms with Gasteiger partial charge >= 0.3 is 4.87 Å². The van der Waals surface area contributed by atoms with Crippen LogP contribution in [0.1, 0.15) is 41.6 Å². The molecule has 0 atom stereocenters. The van der Waals surface area contributed by atoms with Gasteiger partial charge in [-0.15, -0.1) is 0 Å². The number of aromatic hydroxyl groups is 1. The van der Waals surface area contributed by atoms with Gasteiger partial charge in [0.05, 0.1) is 10.6 Å². The minimum absolute atomic E-state index is 0.313. The Morgan fingerprint density at radius 2 is 1.94 bits per heavy atom. The summed E-state index contributed by atoms with van der Waals surface area (Å²) in [7, 11) is 0. The summed E-state index contributed by atoms with van der Waals surface area (Å²) in [5, 5.41) is 10.6. The molecule has 31 heavy (non-hydrogen) atoms. The molecule has 3 aromatic rings. The van der Waals surface area contributed by atoms with Gasteiger partial charge in [0.1, 0.15) is 12.4 Å². The van der Waals surface area contributed by atoms with Gasteiger partial charge in [0.25, 0.3) is 0 Å². The number of carbonyl (C=O) groups excluding carboxylic acids is 1. The number of allylic oxidation sites excluding steroid dienone is 1. The number of hydrogen-bond acceptors (Lipinski definition) is 6. The van der Waals surface area contributed by atoms with Crippen molar-refractivity contribution in [2.75, 3.05) is 0 Å². The highest BCUT2D eigenvalue weighted by atomic mass is 32.1. The second kappa shape index (κ2) is 8.00. The molecule has 1 N–H and O–H groups in total. The normalized spacial score (nSPS) is 14.1. The fourth-order valence-electron chi connectivity index (χ4n) is 3.15. The molecule has 2 heterocycles. The van der Waals surface area contributed by atoms with Gasteiger partial charge in [0.2, 0.25) is 11.8 Å². The molecule has 0 amide bonds.